The Hall–Kier alpha value is -2.12. The maximum Gasteiger partial charge on any atom is 0.336 e. The first-order chi connectivity index (χ1) is 12.4. The zero-order valence-electron chi connectivity index (χ0n) is 15.2. The van der Waals surface area contributed by atoms with Gasteiger partial charge in [0.2, 0.25) is 0 Å². The molecule has 2 rings (SSSR count). The Morgan fingerprint density at radius 1 is 1.08 bits per heavy atom. The van der Waals surface area contributed by atoms with E-state index in [2.05, 4.69) is 15.9 Å². The number of rotatable bonds is 5. The third kappa shape index (κ3) is 3.54. The highest BCUT2D eigenvalue weighted by Crippen LogP contribution is 2.44. The molecule has 0 aromatic heterocycles. The fourth-order valence-corrected chi connectivity index (χ4v) is 3.82. The lowest BCUT2D eigenvalue weighted by Gasteiger charge is -2.37. The summed E-state index contributed by atoms with van der Waals surface area (Å²) in [6, 6.07) is 7.40. The van der Waals surface area contributed by atoms with Gasteiger partial charge in [-0.25, -0.2) is 9.59 Å². The minimum atomic E-state index is -0.639. The highest BCUT2D eigenvalue weighted by molar-refractivity contribution is 9.10. The maximum atomic E-state index is 12.6. The lowest BCUT2D eigenvalue weighted by molar-refractivity contribution is -0.137. The van der Waals surface area contributed by atoms with Crippen LogP contribution in [-0.4, -0.2) is 49.3 Å². The molecule has 140 valence electrons. The Morgan fingerprint density at radius 2 is 1.58 bits per heavy atom. The number of halogens is 1. The molecule has 0 unspecified atom stereocenters. The summed E-state index contributed by atoms with van der Waals surface area (Å²) >= 11 is 3.51. The monoisotopic (exact) mass is 423 g/mol. The Labute approximate surface area is 161 Å². The standard InChI is InChI=1S/C19H22BrNO5/c1-11-15(18(23)25-3)17(13-7-5-6-8-14(13)20)16(19(24)26-4)12(2)21(11)9-10-22/h5-8,17,22H,9-10H2,1-4H3. The van der Waals surface area contributed by atoms with Crippen LogP contribution in [0.25, 0.3) is 0 Å². The molecular formula is C19H22BrNO5. The van der Waals surface area contributed by atoms with Gasteiger partial charge >= 0.3 is 11.9 Å². The van der Waals surface area contributed by atoms with Gasteiger partial charge in [0.15, 0.2) is 0 Å². The number of aliphatic hydroxyl groups excluding tert-OH is 1. The van der Waals surface area contributed by atoms with Crippen LogP contribution in [0.2, 0.25) is 0 Å². The molecule has 1 aliphatic heterocycles. The van der Waals surface area contributed by atoms with Gasteiger partial charge in [-0.05, 0) is 25.5 Å². The summed E-state index contributed by atoms with van der Waals surface area (Å²) in [5.74, 6) is -1.69. The summed E-state index contributed by atoms with van der Waals surface area (Å²) in [7, 11) is 2.61. The molecule has 0 spiro atoms. The second kappa shape index (κ2) is 8.51. The average Bonchev–Trinajstić information content (AvgIpc) is 2.64. The van der Waals surface area contributed by atoms with E-state index in [4.69, 9.17) is 9.47 Å². The molecule has 0 fully saturated rings. The zero-order chi connectivity index (χ0) is 19.4. The first-order valence-corrected chi connectivity index (χ1v) is 8.89. The minimum absolute atomic E-state index is 0.128. The number of benzene rings is 1. The molecule has 7 heteroatoms. The highest BCUT2D eigenvalue weighted by atomic mass is 79.9. The normalized spacial score (nSPS) is 15.4. The van der Waals surface area contributed by atoms with E-state index < -0.39 is 17.9 Å². The Balaban J connectivity index is 2.81. The van der Waals surface area contributed by atoms with E-state index in [0.29, 0.717) is 22.5 Å². The number of carbonyl (C=O) groups is 2. The third-order valence-corrected chi connectivity index (χ3v) is 5.24. The number of hydrogen-bond acceptors (Lipinski definition) is 6. The Bertz CT molecular complexity index is 744. The number of methoxy groups -OCH3 is 2. The zero-order valence-corrected chi connectivity index (χ0v) is 16.8. The minimum Gasteiger partial charge on any atom is -0.466 e. The van der Waals surface area contributed by atoms with Crippen LogP contribution in [-0.2, 0) is 19.1 Å². The molecule has 1 aromatic rings. The molecule has 0 saturated heterocycles. The van der Waals surface area contributed by atoms with Gasteiger partial charge in [-0.2, -0.15) is 0 Å². The first-order valence-electron chi connectivity index (χ1n) is 8.10. The maximum absolute atomic E-state index is 12.6. The molecule has 1 N–H and O–H groups in total. The molecule has 0 saturated carbocycles. The molecular weight excluding hydrogens is 402 g/mol. The van der Waals surface area contributed by atoms with Crippen molar-refractivity contribution in [3.8, 4) is 0 Å². The van der Waals surface area contributed by atoms with Gasteiger partial charge in [0.05, 0.1) is 37.9 Å². The highest BCUT2D eigenvalue weighted by Gasteiger charge is 2.40. The quantitative estimate of drug-likeness (QED) is 0.733. The number of ether oxygens (including phenoxy) is 2. The molecule has 0 radical (unpaired) electrons. The van der Waals surface area contributed by atoms with Gasteiger partial charge in [0.1, 0.15) is 0 Å². The van der Waals surface area contributed by atoms with Crippen molar-refractivity contribution in [1.82, 2.24) is 4.90 Å². The number of β-amino-alcohol motifs (C(OH)–C–C–N with tert-alkyl or cyclic N) is 1. The summed E-state index contributed by atoms with van der Waals surface area (Å²) in [5, 5.41) is 9.42. The lowest BCUT2D eigenvalue weighted by Crippen LogP contribution is -2.36. The van der Waals surface area contributed by atoms with Crippen LogP contribution in [0.5, 0.6) is 0 Å². The van der Waals surface area contributed by atoms with Gasteiger partial charge in [-0.1, -0.05) is 34.1 Å². The van der Waals surface area contributed by atoms with E-state index in [9.17, 15) is 14.7 Å². The number of aliphatic hydroxyl groups is 1. The second-order valence-electron chi connectivity index (χ2n) is 5.81. The van der Waals surface area contributed by atoms with Gasteiger partial charge in [-0.3, -0.25) is 0 Å². The molecule has 26 heavy (non-hydrogen) atoms. The number of esters is 2. The summed E-state index contributed by atoms with van der Waals surface area (Å²) in [6.07, 6.45) is 0. The van der Waals surface area contributed by atoms with E-state index >= 15 is 0 Å². The van der Waals surface area contributed by atoms with Gasteiger partial charge in [0, 0.05) is 22.4 Å². The van der Waals surface area contributed by atoms with Crippen molar-refractivity contribution in [2.45, 2.75) is 19.8 Å². The Morgan fingerprint density at radius 3 is 2.00 bits per heavy atom. The fourth-order valence-electron chi connectivity index (χ4n) is 3.31. The van der Waals surface area contributed by atoms with Crippen LogP contribution >= 0.6 is 15.9 Å². The van der Waals surface area contributed by atoms with E-state index in [1.807, 2.05) is 24.3 Å². The third-order valence-electron chi connectivity index (χ3n) is 4.52. The predicted octanol–water partition coefficient (Wildman–Crippen LogP) is 2.73. The van der Waals surface area contributed by atoms with Crippen LogP contribution in [0.15, 0.2) is 51.3 Å². The van der Waals surface area contributed by atoms with Crippen molar-refractivity contribution in [2.75, 3.05) is 27.4 Å². The SMILES string of the molecule is COC(=O)C1=C(C)N(CCO)C(C)=C(C(=O)OC)C1c1ccccc1Br. The number of carbonyl (C=O) groups excluding carboxylic acids is 2. The van der Waals surface area contributed by atoms with Crippen molar-refractivity contribution in [2.24, 2.45) is 0 Å². The van der Waals surface area contributed by atoms with Crippen molar-refractivity contribution in [1.29, 1.82) is 0 Å². The molecule has 0 atom stereocenters. The summed E-state index contributed by atoms with van der Waals surface area (Å²) < 4.78 is 10.8. The van der Waals surface area contributed by atoms with Crippen LogP contribution in [0, 0.1) is 0 Å². The largest absolute Gasteiger partial charge is 0.466 e. The van der Waals surface area contributed by atoms with E-state index in [1.54, 1.807) is 18.7 Å². The smallest absolute Gasteiger partial charge is 0.336 e. The molecule has 0 aliphatic carbocycles. The average molecular weight is 424 g/mol. The van der Waals surface area contributed by atoms with Crippen molar-refractivity contribution in [3.05, 3.63) is 56.8 Å². The molecule has 0 amide bonds. The molecule has 1 heterocycles. The molecule has 6 nitrogen and oxygen atoms in total. The van der Waals surface area contributed by atoms with E-state index in [-0.39, 0.29) is 13.2 Å². The second-order valence-corrected chi connectivity index (χ2v) is 6.67. The van der Waals surface area contributed by atoms with Crippen molar-refractivity contribution >= 4 is 27.9 Å². The van der Waals surface area contributed by atoms with E-state index in [1.165, 1.54) is 14.2 Å². The molecule has 0 bridgehead atoms. The lowest BCUT2D eigenvalue weighted by atomic mass is 9.79. The van der Waals surface area contributed by atoms with Crippen LogP contribution in [0.3, 0.4) is 0 Å². The van der Waals surface area contributed by atoms with Crippen LogP contribution in [0.1, 0.15) is 25.3 Å². The summed E-state index contributed by atoms with van der Waals surface area (Å²) in [6.45, 7) is 3.69. The van der Waals surface area contributed by atoms with Crippen molar-refractivity contribution in [3.63, 3.8) is 0 Å². The van der Waals surface area contributed by atoms with Crippen molar-refractivity contribution < 1.29 is 24.2 Å². The van der Waals surface area contributed by atoms with Crippen LogP contribution < -0.4 is 0 Å². The fraction of sp³-hybridized carbons (Fsp3) is 0.368. The van der Waals surface area contributed by atoms with E-state index in [0.717, 1.165) is 10.0 Å². The van der Waals surface area contributed by atoms with Gasteiger partial charge < -0.3 is 19.5 Å². The predicted molar refractivity (Wildman–Crippen MR) is 100 cm³/mol. The molecule has 1 aliphatic rings. The van der Waals surface area contributed by atoms with Gasteiger partial charge in [0.25, 0.3) is 0 Å². The summed E-state index contributed by atoms with van der Waals surface area (Å²) in [4.78, 5) is 27.0. The summed E-state index contributed by atoms with van der Waals surface area (Å²) in [5.41, 5.74) is 2.72. The first kappa shape index (κ1) is 20.2. The van der Waals surface area contributed by atoms with Crippen LogP contribution in [0.4, 0.5) is 0 Å². The number of allylic oxidation sites excluding steroid dienone is 2. The number of hydrogen-bond donors (Lipinski definition) is 1. The molecule has 1 aromatic carbocycles. The van der Waals surface area contributed by atoms with Gasteiger partial charge in [-0.15, -0.1) is 0 Å². The topological polar surface area (TPSA) is 76.1 Å². The Kier molecular flexibility index (Phi) is 6.61. The number of nitrogens with zero attached hydrogens (tertiary/aromatic N) is 1.